The molecule has 0 saturated carbocycles. The Hall–Kier alpha value is -1.35. The Bertz CT molecular complexity index is 624. The summed E-state index contributed by atoms with van der Waals surface area (Å²) in [7, 11) is 0. The monoisotopic (exact) mass is 349 g/mol. The number of benzene rings is 1. The van der Waals surface area contributed by atoms with Gasteiger partial charge in [-0.1, -0.05) is 6.07 Å². The Kier molecular flexibility index (Phi) is 3.08. The Morgan fingerprint density at radius 3 is 3.11 bits per heavy atom. The van der Waals surface area contributed by atoms with Crippen LogP contribution >= 0.6 is 22.6 Å². The number of fused-ring (bicyclic) bond motifs is 1. The maximum Gasteiger partial charge on any atom is 0.0991 e. The fraction of sp³-hybridized carbons (Fsp3) is 0.286. The quantitative estimate of drug-likeness (QED) is 0.742. The van der Waals surface area contributed by atoms with Gasteiger partial charge in [0.2, 0.25) is 0 Å². The lowest BCUT2D eigenvalue weighted by atomic mass is 9.96. The molecule has 2 aromatic rings. The van der Waals surface area contributed by atoms with Crippen molar-refractivity contribution in [2.75, 3.05) is 0 Å². The summed E-state index contributed by atoms with van der Waals surface area (Å²) in [6.45, 7) is 0. The van der Waals surface area contributed by atoms with Gasteiger partial charge in [0.25, 0.3) is 0 Å². The van der Waals surface area contributed by atoms with E-state index in [1.54, 1.807) is 0 Å². The first-order valence-electron chi connectivity index (χ1n) is 6.00. The van der Waals surface area contributed by atoms with E-state index >= 15 is 0 Å². The molecule has 1 aromatic heterocycles. The number of nitrogens with zero attached hydrogens (tertiary/aromatic N) is 3. The highest BCUT2D eigenvalue weighted by Gasteiger charge is 2.22. The first kappa shape index (κ1) is 11.7. The lowest BCUT2D eigenvalue weighted by molar-refractivity contribution is 0.456. The van der Waals surface area contributed by atoms with E-state index in [1.807, 2.05) is 24.7 Å². The number of hydrogen-bond donors (Lipinski definition) is 0. The molecular formula is C14H12IN3. The van der Waals surface area contributed by atoms with Gasteiger partial charge in [0, 0.05) is 15.5 Å². The maximum atomic E-state index is 8.92. The molecule has 2 heterocycles. The number of aromatic nitrogens is 2. The third kappa shape index (κ3) is 1.93. The summed E-state index contributed by atoms with van der Waals surface area (Å²) < 4.78 is 3.44. The Balaban J connectivity index is 2.05. The fourth-order valence-electron chi connectivity index (χ4n) is 2.59. The summed E-state index contributed by atoms with van der Waals surface area (Å²) in [6, 6.07) is 8.51. The predicted molar refractivity (Wildman–Crippen MR) is 77.2 cm³/mol. The normalized spacial score (nSPS) is 18.1. The van der Waals surface area contributed by atoms with Crippen LogP contribution in [0.15, 0.2) is 30.7 Å². The Morgan fingerprint density at radius 2 is 2.33 bits per heavy atom. The Labute approximate surface area is 120 Å². The second-order valence-corrected chi connectivity index (χ2v) is 5.71. The zero-order valence-corrected chi connectivity index (χ0v) is 12.0. The molecule has 0 aliphatic carbocycles. The second-order valence-electron chi connectivity index (χ2n) is 4.55. The van der Waals surface area contributed by atoms with E-state index in [1.165, 1.54) is 21.2 Å². The molecule has 90 valence electrons. The zero-order chi connectivity index (χ0) is 12.5. The van der Waals surface area contributed by atoms with E-state index in [2.05, 4.69) is 44.3 Å². The topological polar surface area (TPSA) is 41.6 Å². The van der Waals surface area contributed by atoms with E-state index in [0.29, 0.717) is 6.04 Å². The van der Waals surface area contributed by atoms with Crippen LogP contribution in [0.4, 0.5) is 0 Å². The van der Waals surface area contributed by atoms with Crippen molar-refractivity contribution in [3.8, 4) is 6.07 Å². The van der Waals surface area contributed by atoms with Crippen LogP contribution in [0.3, 0.4) is 0 Å². The minimum Gasteiger partial charge on any atom is -0.327 e. The number of nitriles is 1. The summed E-state index contributed by atoms with van der Waals surface area (Å²) in [6.07, 6.45) is 7.34. The number of hydrogen-bond acceptors (Lipinski definition) is 2. The first-order valence-corrected chi connectivity index (χ1v) is 7.07. The van der Waals surface area contributed by atoms with Gasteiger partial charge in [0.15, 0.2) is 0 Å². The average molecular weight is 349 g/mol. The van der Waals surface area contributed by atoms with Gasteiger partial charge in [-0.05, 0) is 59.5 Å². The summed E-state index contributed by atoms with van der Waals surface area (Å²) >= 11 is 2.32. The van der Waals surface area contributed by atoms with Crippen molar-refractivity contribution in [2.24, 2.45) is 0 Å². The van der Waals surface area contributed by atoms with Crippen molar-refractivity contribution in [2.45, 2.75) is 25.3 Å². The molecule has 0 bridgehead atoms. The van der Waals surface area contributed by atoms with Gasteiger partial charge in [-0.25, -0.2) is 4.98 Å². The van der Waals surface area contributed by atoms with Crippen LogP contribution in [0.5, 0.6) is 0 Å². The summed E-state index contributed by atoms with van der Waals surface area (Å²) in [5.74, 6) is 0. The van der Waals surface area contributed by atoms with Crippen LogP contribution in [0.2, 0.25) is 0 Å². The minimum absolute atomic E-state index is 0.371. The van der Waals surface area contributed by atoms with Gasteiger partial charge in [-0.2, -0.15) is 5.26 Å². The van der Waals surface area contributed by atoms with Crippen LogP contribution in [0, 0.1) is 14.9 Å². The number of aryl methyl sites for hydroxylation is 1. The lowest BCUT2D eigenvalue weighted by Crippen LogP contribution is -2.18. The smallest absolute Gasteiger partial charge is 0.0991 e. The largest absolute Gasteiger partial charge is 0.327 e. The molecule has 0 radical (unpaired) electrons. The molecule has 0 spiro atoms. The predicted octanol–water partition coefficient (Wildman–Crippen LogP) is 3.29. The molecule has 1 aliphatic heterocycles. The molecule has 1 atom stereocenters. The molecule has 1 unspecified atom stereocenters. The molecule has 4 heteroatoms. The fourth-order valence-corrected chi connectivity index (χ4v) is 3.47. The van der Waals surface area contributed by atoms with Crippen molar-refractivity contribution in [1.29, 1.82) is 5.26 Å². The van der Waals surface area contributed by atoms with Crippen LogP contribution in [0.1, 0.15) is 35.7 Å². The maximum absolute atomic E-state index is 8.92. The van der Waals surface area contributed by atoms with E-state index in [0.717, 1.165) is 18.4 Å². The molecule has 0 saturated heterocycles. The molecular weight excluding hydrogens is 337 g/mol. The SMILES string of the molecule is N#Cc1ccc(C2CCCc3cncn32)c(I)c1. The summed E-state index contributed by atoms with van der Waals surface area (Å²) in [5.41, 5.74) is 3.34. The third-order valence-corrected chi connectivity index (χ3v) is 4.42. The lowest BCUT2D eigenvalue weighted by Gasteiger charge is -2.26. The van der Waals surface area contributed by atoms with E-state index in [-0.39, 0.29) is 0 Å². The van der Waals surface area contributed by atoms with Gasteiger partial charge in [-0.3, -0.25) is 0 Å². The van der Waals surface area contributed by atoms with E-state index < -0.39 is 0 Å². The third-order valence-electron chi connectivity index (χ3n) is 3.48. The van der Waals surface area contributed by atoms with E-state index in [4.69, 9.17) is 5.26 Å². The van der Waals surface area contributed by atoms with Gasteiger partial charge in [-0.15, -0.1) is 0 Å². The number of halogens is 1. The van der Waals surface area contributed by atoms with Crippen LogP contribution in [0.25, 0.3) is 0 Å². The minimum atomic E-state index is 0.371. The van der Waals surface area contributed by atoms with Gasteiger partial charge < -0.3 is 4.57 Å². The van der Waals surface area contributed by atoms with Crippen molar-refractivity contribution < 1.29 is 0 Å². The molecule has 0 amide bonds. The van der Waals surface area contributed by atoms with Gasteiger partial charge in [0.05, 0.1) is 24.0 Å². The molecule has 0 fully saturated rings. The highest BCUT2D eigenvalue weighted by atomic mass is 127. The molecule has 1 aliphatic rings. The summed E-state index contributed by atoms with van der Waals surface area (Å²) in [5, 5.41) is 8.92. The molecule has 18 heavy (non-hydrogen) atoms. The van der Waals surface area contributed by atoms with Crippen LogP contribution in [-0.2, 0) is 6.42 Å². The van der Waals surface area contributed by atoms with Gasteiger partial charge >= 0.3 is 0 Å². The Morgan fingerprint density at radius 1 is 1.44 bits per heavy atom. The highest BCUT2D eigenvalue weighted by Crippen LogP contribution is 2.33. The molecule has 0 N–H and O–H groups in total. The summed E-state index contributed by atoms with van der Waals surface area (Å²) in [4.78, 5) is 4.25. The highest BCUT2D eigenvalue weighted by molar-refractivity contribution is 14.1. The second kappa shape index (κ2) is 4.73. The molecule has 3 nitrogen and oxygen atoms in total. The number of imidazole rings is 1. The number of rotatable bonds is 1. The van der Waals surface area contributed by atoms with Crippen molar-refractivity contribution >= 4 is 22.6 Å². The zero-order valence-electron chi connectivity index (χ0n) is 9.81. The van der Waals surface area contributed by atoms with Gasteiger partial charge in [0.1, 0.15) is 0 Å². The van der Waals surface area contributed by atoms with Crippen LogP contribution < -0.4 is 0 Å². The van der Waals surface area contributed by atoms with Crippen molar-refractivity contribution in [3.63, 3.8) is 0 Å². The van der Waals surface area contributed by atoms with E-state index in [9.17, 15) is 0 Å². The first-order chi connectivity index (χ1) is 8.79. The molecule has 3 rings (SSSR count). The van der Waals surface area contributed by atoms with Crippen molar-refractivity contribution in [3.05, 3.63) is 51.1 Å². The van der Waals surface area contributed by atoms with Crippen molar-refractivity contribution in [1.82, 2.24) is 9.55 Å². The molecule has 1 aromatic carbocycles. The standard InChI is InChI=1S/C14H12IN3/c15-13-6-10(7-16)4-5-12(13)14-3-1-2-11-8-17-9-18(11)14/h4-6,8-9,14H,1-3H2. The van der Waals surface area contributed by atoms with Crippen LogP contribution in [-0.4, -0.2) is 9.55 Å². The average Bonchev–Trinajstić information content (AvgIpc) is 2.87.